The molecule has 1 amide bonds. The molecule has 6 heteroatoms. The number of carbonyl (C=O) groups excluding carboxylic acids is 1. The van der Waals surface area contributed by atoms with Crippen LogP contribution in [0.5, 0.6) is 5.75 Å². The third kappa shape index (κ3) is 3.65. The summed E-state index contributed by atoms with van der Waals surface area (Å²) in [6.07, 6.45) is 3.63. The number of aromatic nitrogens is 1. The highest BCUT2D eigenvalue weighted by atomic mass is 16.5. The van der Waals surface area contributed by atoms with E-state index in [4.69, 9.17) is 9.47 Å². The number of methoxy groups -OCH3 is 1. The molecular weight excluding hydrogens is 308 g/mol. The van der Waals surface area contributed by atoms with Gasteiger partial charge in [-0.3, -0.25) is 14.2 Å². The zero-order chi connectivity index (χ0) is 16.9. The van der Waals surface area contributed by atoms with Crippen molar-refractivity contribution in [1.29, 1.82) is 0 Å². The fourth-order valence-electron chi connectivity index (χ4n) is 2.68. The van der Waals surface area contributed by atoms with Crippen LogP contribution in [0.2, 0.25) is 0 Å². The SMILES string of the molecule is COc1ccc(-n2cc(C(=O)NC[C@@H]3CCCO3)ccc2=O)cc1. The lowest BCUT2D eigenvalue weighted by Gasteiger charge is -2.12. The van der Waals surface area contributed by atoms with Crippen LogP contribution >= 0.6 is 0 Å². The summed E-state index contributed by atoms with van der Waals surface area (Å²) in [6.45, 7) is 1.24. The number of amides is 1. The van der Waals surface area contributed by atoms with Gasteiger partial charge in [0, 0.05) is 31.1 Å². The second-order valence-corrected chi connectivity index (χ2v) is 5.67. The molecule has 0 unspecified atom stereocenters. The number of pyridine rings is 1. The highest BCUT2D eigenvalue weighted by Crippen LogP contribution is 2.14. The molecular formula is C18H20N2O4. The molecule has 24 heavy (non-hydrogen) atoms. The van der Waals surface area contributed by atoms with Gasteiger partial charge in [0.05, 0.1) is 18.8 Å². The van der Waals surface area contributed by atoms with Crippen LogP contribution in [-0.2, 0) is 4.74 Å². The fourth-order valence-corrected chi connectivity index (χ4v) is 2.68. The van der Waals surface area contributed by atoms with Crippen molar-refractivity contribution in [2.75, 3.05) is 20.3 Å². The number of carbonyl (C=O) groups is 1. The third-order valence-corrected chi connectivity index (χ3v) is 4.04. The topological polar surface area (TPSA) is 69.6 Å². The Bertz CT molecular complexity index is 761. The Labute approximate surface area is 140 Å². The lowest BCUT2D eigenvalue weighted by Crippen LogP contribution is -2.32. The molecule has 0 bridgehead atoms. The van der Waals surface area contributed by atoms with E-state index in [-0.39, 0.29) is 17.6 Å². The summed E-state index contributed by atoms with van der Waals surface area (Å²) in [4.78, 5) is 24.4. The van der Waals surface area contributed by atoms with Gasteiger partial charge >= 0.3 is 0 Å². The summed E-state index contributed by atoms with van der Waals surface area (Å²) in [6, 6.07) is 10.0. The van der Waals surface area contributed by atoms with Gasteiger partial charge in [-0.25, -0.2) is 0 Å². The van der Waals surface area contributed by atoms with Crippen molar-refractivity contribution in [1.82, 2.24) is 9.88 Å². The Hall–Kier alpha value is -2.60. The van der Waals surface area contributed by atoms with Gasteiger partial charge in [-0.1, -0.05) is 0 Å². The Morgan fingerprint density at radius 3 is 2.75 bits per heavy atom. The molecule has 0 aliphatic carbocycles. The molecule has 1 aromatic carbocycles. The van der Waals surface area contributed by atoms with Crippen LogP contribution in [0.15, 0.2) is 47.4 Å². The summed E-state index contributed by atoms with van der Waals surface area (Å²) in [5.74, 6) is 0.491. The maximum atomic E-state index is 12.3. The predicted molar refractivity (Wildman–Crippen MR) is 89.9 cm³/mol. The van der Waals surface area contributed by atoms with E-state index in [1.54, 1.807) is 37.6 Å². The van der Waals surface area contributed by atoms with Crippen LogP contribution < -0.4 is 15.6 Å². The maximum Gasteiger partial charge on any atom is 0.255 e. The minimum Gasteiger partial charge on any atom is -0.497 e. The normalized spacial score (nSPS) is 16.8. The lowest BCUT2D eigenvalue weighted by atomic mass is 10.2. The Morgan fingerprint density at radius 2 is 2.08 bits per heavy atom. The first-order valence-electron chi connectivity index (χ1n) is 7.94. The molecule has 2 heterocycles. The molecule has 1 aliphatic rings. The standard InChI is InChI=1S/C18H20N2O4/c1-23-15-7-5-14(6-8-15)20-12-13(4-9-17(20)21)18(22)19-11-16-3-2-10-24-16/h4-9,12,16H,2-3,10-11H2,1H3,(H,19,22)/t16-/m0/s1. The van der Waals surface area contributed by atoms with Crippen LogP contribution in [0.1, 0.15) is 23.2 Å². The van der Waals surface area contributed by atoms with E-state index in [9.17, 15) is 9.59 Å². The van der Waals surface area contributed by atoms with Crippen LogP contribution in [0.25, 0.3) is 5.69 Å². The molecule has 1 aliphatic heterocycles. The molecule has 1 N–H and O–H groups in total. The Balaban J connectivity index is 1.77. The molecule has 0 saturated carbocycles. The van der Waals surface area contributed by atoms with Crippen molar-refractivity contribution in [2.24, 2.45) is 0 Å². The Kier molecular flexibility index (Phi) is 4.96. The van der Waals surface area contributed by atoms with E-state index in [1.165, 1.54) is 16.7 Å². The number of rotatable bonds is 5. The van der Waals surface area contributed by atoms with Gasteiger partial charge in [0.1, 0.15) is 5.75 Å². The summed E-state index contributed by atoms with van der Waals surface area (Å²) in [5.41, 5.74) is 0.911. The van der Waals surface area contributed by atoms with E-state index in [2.05, 4.69) is 5.32 Å². The number of nitrogens with one attached hydrogen (secondary N) is 1. The number of hydrogen-bond acceptors (Lipinski definition) is 4. The minimum absolute atomic E-state index is 0.0847. The van der Waals surface area contributed by atoms with E-state index < -0.39 is 0 Å². The number of ether oxygens (including phenoxy) is 2. The largest absolute Gasteiger partial charge is 0.497 e. The van der Waals surface area contributed by atoms with Crippen molar-refractivity contribution in [3.63, 3.8) is 0 Å². The summed E-state index contributed by atoms with van der Waals surface area (Å²) < 4.78 is 12.1. The van der Waals surface area contributed by atoms with Crippen LogP contribution in [0, 0.1) is 0 Å². The zero-order valence-corrected chi connectivity index (χ0v) is 13.5. The van der Waals surface area contributed by atoms with E-state index >= 15 is 0 Å². The van der Waals surface area contributed by atoms with Gasteiger partial charge in [-0.2, -0.15) is 0 Å². The molecule has 6 nitrogen and oxygen atoms in total. The quantitative estimate of drug-likeness (QED) is 0.908. The van der Waals surface area contributed by atoms with Crippen LogP contribution in [0.3, 0.4) is 0 Å². The van der Waals surface area contributed by atoms with Gasteiger partial charge in [0.25, 0.3) is 11.5 Å². The third-order valence-electron chi connectivity index (χ3n) is 4.04. The van der Waals surface area contributed by atoms with Crippen molar-refractivity contribution < 1.29 is 14.3 Å². The Morgan fingerprint density at radius 1 is 1.29 bits per heavy atom. The van der Waals surface area contributed by atoms with E-state index in [0.717, 1.165) is 19.4 Å². The smallest absolute Gasteiger partial charge is 0.255 e. The zero-order valence-electron chi connectivity index (χ0n) is 13.5. The van der Waals surface area contributed by atoms with Crippen LogP contribution in [-0.4, -0.2) is 36.8 Å². The number of nitrogens with zero attached hydrogens (tertiary/aromatic N) is 1. The van der Waals surface area contributed by atoms with Crippen LogP contribution in [0.4, 0.5) is 0 Å². The first-order valence-corrected chi connectivity index (χ1v) is 7.94. The molecule has 126 valence electrons. The first-order chi connectivity index (χ1) is 11.7. The average Bonchev–Trinajstić information content (AvgIpc) is 3.14. The molecule has 1 atom stereocenters. The highest BCUT2D eigenvalue weighted by Gasteiger charge is 2.17. The van der Waals surface area contributed by atoms with Crippen molar-refractivity contribution >= 4 is 5.91 Å². The second kappa shape index (κ2) is 7.31. The van der Waals surface area contributed by atoms with E-state index in [1.807, 2.05) is 0 Å². The first kappa shape index (κ1) is 16.3. The van der Waals surface area contributed by atoms with Gasteiger partial charge in [-0.15, -0.1) is 0 Å². The van der Waals surface area contributed by atoms with Crippen molar-refractivity contribution in [3.05, 3.63) is 58.5 Å². The second-order valence-electron chi connectivity index (χ2n) is 5.67. The summed E-state index contributed by atoms with van der Waals surface area (Å²) >= 11 is 0. The fraction of sp³-hybridized carbons (Fsp3) is 0.333. The number of benzene rings is 1. The highest BCUT2D eigenvalue weighted by molar-refractivity contribution is 5.93. The summed E-state index contributed by atoms with van der Waals surface area (Å²) in [7, 11) is 1.58. The summed E-state index contributed by atoms with van der Waals surface area (Å²) in [5, 5.41) is 2.86. The van der Waals surface area contributed by atoms with Crippen molar-refractivity contribution in [2.45, 2.75) is 18.9 Å². The molecule has 2 aromatic rings. The lowest BCUT2D eigenvalue weighted by molar-refractivity contribution is 0.0857. The molecule has 1 aromatic heterocycles. The van der Waals surface area contributed by atoms with E-state index in [0.29, 0.717) is 23.5 Å². The van der Waals surface area contributed by atoms with Crippen molar-refractivity contribution in [3.8, 4) is 11.4 Å². The molecule has 1 fully saturated rings. The van der Waals surface area contributed by atoms with Gasteiger partial charge in [-0.05, 0) is 43.2 Å². The molecule has 0 spiro atoms. The molecule has 3 rings (SSSR count). The predicted octanol–water partition coefficient (Wildman–Crippen LogP) is 1.75. The molecule has 0 radical (unpaired) electrons. The maximum absolute atomic E-state index is 12.3. The van der Waals surface area contributed by atoms with Gasteiger partial charge in [0.2, 0.25) is 0 Å². The average molecular weight is 328 g/mol. The van der Waals surface area contributed by atoms with Gasteiger partial charge in [0.15, 0.2) is 0 Å². The number of hydrogen-bond donors (Lipinski definition) is 1. The minimum atomic E-state index is -0.215. The monoisotopic (exact) mass is 328 g/mol. The molecule has 1 saturated heterocycles. The van der Waals surface area contributed by atoms with Gasteiger partial charge < -0.3 is 14.8 Å².